The zero-order valence-corrected chi connectivity index (χ0v) is 21.0. The Labute approximate surface area is 223 Å². The van der Waals surface area contributed by atoms with Gasteiger partial charge >= 0.3 is 0 Å². The number of aromatic nitrogens is 2. The van der Waals surface area contributed by atoms with Crippen molar-refractivity contribution in [1.82, 2.24) is 9.78 Å². The fourth-order valence-electron chi connectivity index (χ4n) is 4.29. The van der Waals surface area contributed by atoms with Crippen LogP contribution in [0.5, 0.6) is 0 Å². The summed E-state index contributed by atoms with van der Waals surface area (Å²) in [6, 6.07) is 19.2. The second-order valence-electron chi connectivity index (χ2n) is 9.56. The van der Waals surface area contributed by atoms with Gasteiger partial charge in [-0.3, -0.25) is 4.79 Å². The molecule has 39 heavy (non-hydrogen) atoms. The summed E-state index contributed by atoms with van der Waals surface area (Å²) >= 11 is 0. The first kappa shape index (κ1) is 26.5. The van der Waals surface area contributed by atoms with Crippen LogP contribution in [-0.2, 0) is 11.3 Å². The normalized spacial score (nSPS) is 14.0. The topological polar surface area (TPSA) is 108 Å². The number of alkyl halides is 2. The maximum atomic E-state index is 14.9. The van der Waals surface area contributed by atoms with Crippen molar-refractivity contribution in [3.63, 3.8) is 0 Å². The molecule has 1 atom stereocenters. The lowest BCUT2D eigenvalue weighted by Gasteiger charge is -2.20. The summed E-state index contributed by atoms with van der Waals surface area (Å²) < 4.78 is 49.3. The maximum absolute atomic E-state index is 14.9. The predicted molar refractivity (Wildman–Crippen MR) is 142 cm³/mol. The predicted octanol–water partition coefficient (Wildman–Crippen LogP) is 5.76. The Morgan fingerprint density at radius 1 is 1.05 bits per heavy atom. The molecule has 5 N–H and O–H groups in total. The highest BCUT2D eigenvalue weighted by Gasteiger charge is 2.26. The summed E-state index contributed by atoms with van der Waals surface area (Å²) in [6.07, 6.45) is -1.26. The summed E-state index contributed by atoms with van der Waals surface area (Å²) in [5.41, 5.74) is 13.9. The highest BCUT2D eigenvalue weighted by atomic mass is 19.3. The molecule has 1 aliphatic carbocycles. The summed E-state index contributed by atoms with van der Waals surface area (Å²) in [5, 5.41) is 6.45. The van der Waals surface area contributed by atoms with Gasteiger partial charge in [0.15, 0.2) is 0 Å². The number of rotatable bonds is 10. The molecule has 1 aliphatic rings. The number of nitrogens with zero attached hydrogens (tertiary/aromatic N) is 2. The minimum absolute atomic E-state index is 0.122. The Kier molecular flexibility index (Phi) is 7.67. The first-order valence-corrected chi connectivity index (χ1v) is 12.6. The third kappa shape index (κ3) is 6.13. The number of benzene rings is 3. The van der Waals surface area contributed by atoms with Crippen molar-refractivity contribution in [1.29, 1.82) is 0 Å². The van der Waals surface area contributed by atoms with Crippen LogP contribution in [0.4, 0.5) is 24.5 Å². The van der Waals surface area contributed by atoms with E-state index in [4.69, 9.17) is 16.2 Å². The lowest BCUT2D eigenvalue weighted by atomic mass is 10.00. The van der Waals surface area contributed by atoms with Crippen LogP contribution in [0.3, 0.4) is 0 Å². The van der Waals surface area contributed by atoms with Crippen molar-refractivity contribution in [2.75, 3.05) is 17.7 Å². The van der Waals surface area contributed by atoms with Crippen LogP contribution in [-0.4, -0.2) is 22.3 Å². The number of halogens is 3. The monoisotopic (exact) mass is 535 g/mol. The van der Waals surface area contributed by atoms with Gasteiger partial charge in [-0.05, 0) is 77.9 Å². The van der Waals surface area contributed by atoms with Crippen molar-refractivity contribution in [3.05, 3.63) is 107 Å². The van der Waals surface area contributed by atoms with Crippen molar-refractivity contribution < 1.29 is 22.7 Å². The highest BCUT2D eigenvalue weighted by molar-refractivity contribution is 6.03. The Balaban J connectivity index is 1.47. The van der Waals surface area contributed by atoms with Crippen molar-refractivity contribution in [2.24, 2.45) is 11.7 Å². The van der Waals surface area contributed by atoms with Gasteiger partial charge in [-0.15, -0.1) is 0 Å². The number of hydrogen-bond acceptors (Lipinski definition) is 5. The molecule has 3 aromatic carbocycles. The first-order chi connectivity index (χ1) is 18.8. The van der Waals surface area contributed by atoms with E-state index in [1.54, 1.807) is 42.5 Å². The zero-order chi connectivity index (χ0) is 27.5. The van der Waals surface area contributed by atoms with Gasteiger partial charge in [0.05, 0.1) is 18.0 Å². The fraction of sp³-hybridized carbons (Fsp3) is 0.241. The van der Waals surface area contributed by atoms with Gasteiger partial charge in [0.2, 0.25) is 0 Å². The molecular weight excluding hydrogens is 507 g/mol. The molecule has 1 fully saturated rings. The SMILES string of the molecule is NCc1cccc(-n2nc(C(F)F)cc2C(=O)Nc2cc(C(OCC3CC3)c3cccc(N)c3)ccc2F)c1. The Hall–Kier alpha value is -4.15. The number of carbonyl (C=O) groups is 1. The number of amides is 1. The standard InChI is InChI=1S/C29H28F3N5O2/c30-23-10-9-20(27(39-16-17-7-8-17)19-4-2-5-21(34)12-19)13-24(23)35-29(38)26-14-25(28(31)32)36-37(26)22-6-1-3-18(11-22)15-33/h1-6,9-14,17,27-28H,7-8,15-16,33-34H2,(H,35,38). The molecule has 5 rings (SSSR count). The van der Waals surface area contributed by atoms with Crippen LogP contribution in [0.25, 0.3) is 5.69 Å². The molecule has 0 saturated heterocycles. The van der Waals surface area contributed by atoms with Gasteiger partial charge < -0.3 is 21.5 Å². The number of nitrogen functional groups attached to an aromatic ring is 1. The van der Waals surface area contributed by atoms with E-state index >= 15 is 0 Å². The van der Waals surface area contributed by atoms with E-state index in [0.717, 1.165) is 34.7 Å². The van der Waals surface area contributed by atoms with Crippen LogP contribution >= 0.6 is 0 Å². The Morgan fingerprint density at radius 3 is 2.54 bits per heavy atom. The van der Waals surface area contributed by atoms with Crippen LogP contribution < -0.4 is 16.8 Å². The molecule has 0 radical (unpaired) electrons. The van der Waals surface area contributed by atoms with Gasteiger partial charge in [-0.2, -0.15) is 5.10 Å². The summed E-state index contributed by atoms with van der Waals surface area (Å²) in [5.74, 6) is -1.01. The molecule has 0 aliphatic heterocycles. The van der Waals surface area contributed by atoms with Gasteiger partial charge in [-0.1, -0.05) is 30.3 Å². The first-order valence-electron chi connectivity index (χ1n) is 12.6. The van der Waals surface area contributed by atoms with Crippen molar-refractivity contribution in [2.45, 2.75) is 31.9 Å². The largest absolute Gasteiger partial charge is 0.399 e. The van der Waals surface area contributed by atoms with E-state index in [9.17, 15) is 18.0 Å². The average molecular weight is 536 g/mol. The van der Waals surface area contributed by atoms with Crippen molar-refractivity contribution >= 4 is 17.3 Å². The minimum atomic E-state index is -2.90. The maximum Gasteiger partial charge on any atom is 0.282 e. The van der Waals surface area contributed by atoms with Crippen LogP contribution in [0.1, 0.15) is 58.2 Å². The van der Waals surface area contributed by atoms with E-state index in [1.807, 2.05) is 12.1 Å². The summed E-state index contributed by atoms with van der Waals surface area (Å²) in [6.45, 7) is 0.753. The lowest BCUT2D eigenvalue weighted by molar-refractivity contribution is 0.0718. The van der Waals surface area contributed by atoms with E-state index < -0.39 is 29.9 Å². The van der Waals surface area contributed by atoms with Gasteiger partial charge in [0.25, 0.3) is 12.3 Å². The number of anilines is 2. The molecule has 4 aromatic rings. The molecule has 10 heteroatoms. The second-order valence-corrected chi connectivity index (χ2v) is 9.56. The average Bonchev–Trinajstić information content (AvgIpc) is 3.64. The third-order valence-corrected chi connectivity index (χ3v) is 6.53. The number of nitrogens with two attached hydrogens (primary N) is 2. The highest BCUT2D eigenvalue weighted by Crippen LogP contribution is 2.35. The van der Waals surface area contributed by atoms with Crippen LogP contribution in [0.2, 0.25) is 0 Å². The molecule has 7 nitrogen and oxygen atoms in total. The zero-order valence-electron chi connectivity index (χ0n) is 21.0. The van der Waals surface area contributed by atoms with Gasteiger partial charge in [-0.25, -0.2) is 17.9 Å². The smallest absolute Gasteiger partial charge is 0.282 e. The van der Waals surface area contributed by atoms with Crippen molar-refractivity contribution in [3.8, 4) is 5.69 Å². The quantitative estimate of drug-likeness (QED) is 0.224. The van der Waals surface area contributed by atoms with E-state index in [1.165, 1.54) is 12.1 Å². The van der Waals surface area contributed by atoms with E-state index in [-0.39, 0.29) is 17.9 Å². The Morgan fingerprint density at radius 2 is 1.82 bits per heavy atom. The van der Waals surface area contributed by atoms with Crippen LogP contribution in [0, 0.1) is 11.7 Å². The molecule has 202 valence electrons. The fourth-order valence-corrected chi connectivity index (χ4v) is 4.29. The molecule has 0 spiro atoms. The number of carbonyl (C=O) groups excluding carboxylic acids is 1. The summed E-state index contributed by atoms with van der Waals surface area (Å²) in [4.78, 5) is 13.3. The molecule has 1 heterocycles. The third-order valence-electron chi connectivity index (χ3n) is 6.53. The molecule has 1 unspecified atom stereocenters. The van der Waals surface area contributed by atoms with Crippen LogP contribution in [0.15, 0.2) is 72.8 Å². The molecule has 1 aromatic heterocycles. The molecule has 1 saturated carbocycles. The van der Waals surface area contributed by atoms with E-state index in [0.29, 0.717) is 29.5 Å². The minimum Gasteiger partial charge on any atom is -0.399 e. The number of hydrogen-bond donors (Lipinski definition) is 3. The second kappa shape index (κ2) is 11.3. The molecule has 1 amide bonds. The number of nitrogens with one attached hydrogen (secondary N) is 1. The van der Waals surface area contributed by atoms with Gasteiger partial charge in [0, 0.05) is 12.2 Å². The van der Waals surface area contributed by atoms with Gasteiger partial charge in [0.1, 0.15) is 23.3 Å². The summed E-state index contributed by atoms with van der Waals surface area (Å²) in [7, 11) is 0. The number of ether oxygens (including phenoxy) is 1. The van der Waals surface area contributed by atoms with E-state index in [2.05, 4.69) is 10.4 Å². The molecular formula is C29H28F3N5O2. The lowest BCUT2D eigenvalue weighted by Crippen LogP contribution is -2.18. The Bertz CT molecular complexity index is 1490. The molecule has 0 bridgehead atoms.